The van der Waals surface area contributed by atoms with Crippen molar-refractivity contribution in [2.45, 2.75) is 26.8 Å². The van der Waals surface area contributed by atoms with Crippen LogP contribution in [0.1, 0.15) is 29.9 Å². The Morgan fingerprint density at radius 3 is 2.49 bits per heavy atom. The number of carbonyl (C=O) groups is 1. The maximum absolute atomic E-state index is 12.9. The molecule has 1 atom stereocenters. The minimum absolute atomic E-state index is 0.0950. The van der Waals surface area contributed by atoms with Gasteiger partial charge in [0.05, 0.1) is 11.7 Å². The molecule has 0 aliphatic carbocycles. The third kappa shape index (κ3) is 5.68. The lowest BCUT2D eigenvalue weighted by atomic mass is 10.1. The second-order valence-corrected chi connectivity index (χ2v) is 9.25. The van der Waals surface area contributed by atoms with Crippen molar-refractivity contribution in [3.63, 3.8) is 0 Å². The number of amides is 2. The lowest BCUT2D eigenvalue weighted by molar-refractivity contribution is 0.191. The summed E-state index contributed by atoms with van der Waals surface area (Å²) >= 11 is 0. The maximum Gasteiger partial charge on any atom is 0.317 e. The van der Waals surface area contributed by atoms with E-state index in [-0.39, 0.29) is 12.1 Å². The Labute approximate surface area is 215 Å². The molecule has 4 aromatic heterocycles. The van der Waals surface area contributed by atoms with E-state index in [0.29, 0.717) is 43.8 Å². The first-order valence-corrected chi connectivity index (χ1v) is 12.2. The maximum atomic E-state index is 12.9. The summed E-state index contributed by atoms with van der Waals surface area (Å²) in [5, 5.41) is 17.8. The van der Waals surface area contributed by atoms with Crippen LogP contribution in [0.4, 0.5) is 22.4 Å². The number of hydrogen-bond donors (Lipinski definition) is 3. The number of urea groups is 1. The molecule has 0 radical (unpaired) electrons. The van der Waals surface area contributed by atoms with Crippen LogP contribution in [0.3, 0.4) is 0 Å². The zero-order chi connectivity index (χ0) is 25.9. The van der Waals surface area contributed by atoms with Gasteiger partial charge in [-0.05, 0) is 38.5 Å². The Morgan fingerprint density at radius 2 is 1.84 bits per heavy atom. The molecule has 5 rings (SSSR count). The number of H-pyrrole nitrogens is 1. The Bertz CT molecular complexity index is 1370. The van der Waals surface area contributed by atoms with E-state index in [1.807, 2.05) is 69.2 Å². The third-order valence-corrected chi connectivity index (χ3v) is 6.26. The summed E-state index contributed by atoms with van der Waals surface area (Å²) in [4.78, 5) is 30.7. The number of carbonyl (C=O) groups excluding carboxylic acids is 1. The highest BCUT2D eigenvalue weighted by molar-refractivity contribution is 5.75. The van der Waals surface area contributed by atoms with Crippen LogP contribution < -0.4 is 15.5 Å². The first-order chi connectivity index (χ1) is 17.8. The van der Waals surface area contributed by atoms with Crippen molar-refractivity contribution in [2.24, 2.45) is 7.05 Å². The van der Waals surface area contributed by atoms with Gasteiger partial charge in [-0.3, -0.25) is 14.8 Å². The van der Waals surface area contributed by atoms with Gasteiger partial charge in [0.1, 0.15) is 11.5 Å². The van der Waals surface area contributed by atoms with E-state index in [2.05, 4.69) is 45.8 Å². The Balaban J connectivity index is 1.16. The van der Waals surface area contributed by atoms with Crippen molar-refractivity contribution in [1.29, 1.82) is 0 Å². The predicted molar refractivity (Wildman–Crippen MR) is 141 cm³/mol. The number of nitrogens with zero attached hydrogens (tertiary/aromatic N) is 8. The average molecular weight is 502 g/mol. The molecule has 0 bridgehead atoms. The van der Waals surface area contributed by atoms with Gasteiger partial charge < -0.3 is 20.4 Å². The summed E-state index contributed by atoms with van der Waals surface area (Å²) < 4.78 is 1.75. The average Bonchev–Trinajstić information content (AvgIpc) is 3.51. The minimum atomic E-state index is -0.171. The summed E-state index contributed by atoms with van der Waals surface area (Å²) in [5.74, 6) is 2.03. The molecule has 1 fully saturated rings. The molecule has 5 heterocycles. The van der Waals surface area contributed by atoms with Gasteiger partial charge >= 0.3 is 6.03 Å². The second kappa shape index (κ2) is 10.2. The zero-order valence-electron chi connectivity index (χ0n) is 21.4. The van der Waals surface area contributed by atoms with Crippen molar-refractivity contribution < 1.29 is 4.79 Å². The number of aromatic nitrogens is 7. The molecule has 1 saturated heterocycles. The molecule has 1 aliphatic rings. The molecule has 0 saturated carbocycles. The topological polar surface area (TPSA) is 133 Å². The lowest BCUT2D eigenvalue weighted by Gasteiger charge is -2.35. The fraction of sp³-hybridized carbons (Fsp3) is 0.360. The predicted octanol–water partition coefficient (Wildman–Crippen LogP) is 2.95. The minimum Gasteiger partial charge on any atom is -0.337 e. The molecule has 12 heteroatoms. The molecule has 0 spiro atoms. The van der Waals surface area contributed by atoms with Gasteiger partial charge in [0.2, 0.25) is 5.95 Å². The first-order valence-electron chi connectivity index (χ1n) is 12.2. The van der Waals surface area contributed by atoms with Crippen LogP contribution in [-0.4, -0.2) is 72.0 Å². The van der Waals surface area contributed by atoms with Crippen molar-refractivity contribution in [1.82, 2.24) is 45.1 Å². The van der Waals surface area contributed by atoms with Gasteiger partial charge in [-0.15, -0.1) is 0 Å². The standard InChI is InChI=1S/C25H31N11O/c1-16-13-22(29-23-14-17(2)31-32-23)30-24(27-16)35-9-11-36(12-10-35)25(37)28-18(3)19-5-6-20(26-15-19)21-7-8-34(4)33-21/h5-8,13-15,18H,9-12H2,1-4H3,(H,28,37)(H2,27,29,30,31,32). The van der Waals surface area contributed by atoms with Crippen LogP contribution in [0, 0.1) is 13.8 Å². The van der Waals surface area contributed by atoms with Crippen LogP contribution in [0.25, 0.3) is 11.4 Å². The molecule has 4 aromatic rings. The number of nitrogens with one attached hydrogen (secondary N) is 3. The summed E-state index contributed by atoms with van der Waals surface area (Å²) in [6.45, 7) is 8.29. The smallest absolute Gasteiger partial charge is 0.317 e. The normalized spacial score (nSPS) is 14.5. The quantitative estimate of drug-likeness (QED) is 0.367. The molecular formula is C25H31N11O. The molecule has 192 valence electrons. The molecule has 2 amide bonds. The summed E-state index contributed by atoms with van der Waals surface area (Å²) in [5.41, 5.74) is 4.38. The summed E-state index contributed by atoms with van der Waals surface area (Å²) in [6, 6.07) is 9.36. The number of aryl methyl sites for hydroxylation is 3. The summed E-state index contributed by atoms with van der Waals surface area (Å²) in [7, 11) is 1.88. The van der Waals surface area contributed by atoms with E-state index in [1.165, 1.54) is 0 Å². The molecule has 37 heavy (non-hydrogen) atoms. The summed E-state index contributed by atoms with van der Waals surface area (Å²) in [6.07, 6.45) is 3.67. The number of pyridine rings is 1. The van der Waals surface area contributed by atoms with Crippen molar-refractivity contribution in [3.8, 4) is 11.4 Å². The van der Waals surface area contributed by atoms with Gasteiger partial charge in [-0.1, -0.05) is 6.07 Å². The van der Waals surface area contributed by atoms with E-state index in [9.17, 15) is 4.79 Å². The van der Waals surface area contributed by atoms with Crippen molar-refractivity contribution in [2.75, 3.05) is 36.4 Å². The van der Waals surface area contributed by atoms with E-state index in [0.717, 1.165) is 28.3 Å². The van der Waals surface area contributed by atoms with Gasteiger partial charge in [0.15, 0.2) is 5.82 Å². The zero-order valence-corrected chi connectivity index (χ0v) is 21.4. The molecular weight excluding hydrogens is 470 g/mol. The number of piperazine rings is 1. The van der Waals surface area contributed by atoms with Gasteiger partial charge in [0, 0.05) is 69.1 Å². The van der Waals surface area contributed by atoms with Crippen molar-refractivity contribution in [3.05, 3.63) is 59.7 Å². The number of anilines is 3. The number of aromatic amines is 1. The fourth-order valence-corrected chi connectivity index (χ4v) is 4.21. The van der Waals surface area contributed by atoms with Crippen LogP contribution >= 0.6 is 0 Å². The van der Waals surface area contributed by atoms with Gasteiger partial charge in [0.25, 0.3) is 0 Å². The van der Waals surface area contributed by atoms with Gasteiger partial charge in [-0.25, -0.2) is 9.78 Å². The van der Waals surface area contributed by atoms with Crippen LogP contribution in [0.2, 0.25) is 0 Å². The largest absolute Gasteiger partial charge is 0.337 e. The third-order valence-electron chi connectivity index (χ3n) is 6.26. The molecule has 3 N–H and O–H groups in total. The molecule has 12 nitrogen and oxygen atoms in total. The fourth-order valence-electron chi connectivity index (χ4n) is 4.21. The molecule has 1 aliphatic heterocycles. The Morgan fingerprint density at radius 1 is 1.03 bits per heavy atom. The van der Waals surface area contributed by atoms with Crippen LogP contribution in [0.5, 0.6) is 0 Å². The molecule has 1 unspecified atom stereocenters. The second-order valence-electron chi connectivity index (χ2n) is 9.25. The highest BCUT2D eigenvalue weighted by Gasteiger charge is 2.24. The van der Waals surface area contributed by atoms with Gasteiger partial charge in [-0.2, -0.15) is 15.2 Å². The number of hydrogen-bond acceptors (Lipinski definition) is 8. The highest BCUT2D eigenvalue weighted by atomic mass is 16.2. The Hall–Kier alpha value is -4.48. The number of rotatable bonds is 6. The van der Waals surface area contributed by atoms with Crippen LogP contribution in [0.15, 0.2) is 42.7 Å². The van der Waals surface area contributed by atoms with Crippen molar-refractivity contribution >= 4 is 23.6 Å². The monoisotopic (exact) mass is 501 g/mol. The van der Waals surface area contributed by atoms with E-state index < -0.39 is 0 Å². The van der Waals surface area contributed by atoms with E-state index in [4.69, 9.17) is 0 Å². The van der Waals surface area contributed by atoms with Crippen LogP contribution in [-0.2, 0) is 7.05 Å². The van der Waals surface area contributed by atoms with E-state index >= 15 is 0 Å². The first kappa shape index (κ1) is 24.2. The highest BCUT2D eigenvalue weighted by Crippen LogP contribution is 2.20. The van der Waals surface area contributed by atoms with E-state index in [1.54, 1.807) is 10.9 Å². The lowest BCUT2D eigenvalue weighted by Crippen LogP contribution is -2.52. The molecule has 0 aromatic carbocycles. The SMILES string of the molecule is Cc1cc(Nc2cc(C)[nH]n2)nc(N2CCN(C(=O)NC(C)c3ccc(-c4ccn(C)n4)nc3)CC2)n1. The Kier molecular flexibility index (Phi) is 6.71.